The van der Waals surface area contributed by atoms with E-state index in [1.807, 2.05) is 0 Å². The summed E-state index contributed by atoms with van der Waals surface area (Å²) < 4.78 is 22.2. The number of hydrogen-bond acceptors (Lipinski definition) is 5. The summed E-state index contributed by atoms with van der Waals surface area (Å²) in [5.74, 6) is -3.55. The van der Waals surface area contributed by atoms with Gasteiger partial charge in [0.2, 0.25) is 0 Å². The molecule has 0 aliphatic heterocycles. The number of aliphatic carboxylic acids is 1. The normalized spacial score (nSPS) is 15.7. The van der Waals surface area contributed by atoms with E-state index in [4.69, 9.17) is 20.7 Å². The maximum atomic E-state index is 11.9. The molecule has 0 spiro atoms. The van der Waals surface area contributed by atoms with Crippen molar-refractivity contribution in [2.45, 2.75) is 12.4 Å². The van der Waals surface area contributed by atoms with Crippen molar-refractivity contribution in [1.82, 2.24) is 0 Å². The minimum Gasteiger partial charge on any atom is -0.506 e. The molecule has 0 aromatic heterocycles. The van der Waals surface area contributed by atoms with E-state index in [0.717, 1.165) is 12.1 Å². The van der Waals surface area contributed by atoms with Gasteiger partial charge in [-0.25, -0.2) is 0 Å². The third kappa shape index (κ3) is 2.48. The number of anilines is 1. The number of aromatic hydroxyl groups is 1. The number of para-hydroxylation sites is 1. The minimum atomic E-state index is -2.92. The summed E-state index contributed by atoms with van der Waals surface area (Å²) >= 11 is 0. The smallest absolute Gasteiger partial charge is 0.320 e. The van der Waals surface area contributed by atoms with Crippen LogP contribution in [0.25, 0.3) is 0 Å². The van der Waals surface area contributed by atoms with Gasteiger partial charge in [0.1, 0.15) is 11.8 Å². The van der Waals surface area contributed by atoms with Gasteiger partial charge in [0, 0.05) is 14.7 Å². The maximum absolute atomic E-state index is 11.9. The monoisotopic (exact) mass is 227 g/mol. The van der Waals surface area contributed by atoms with E-state index in [1.54, 1.807) is 0 Å². The Morgan fingerprint density at radius 1 is 1.56 bits per heavy atom. The van der Waals surface area contributed by atoms with Gasteiger partial charge >= 0.3 is 5.97 Å². The topological polar surface area (TPSA) is 127 Å². The SMILES string of the molecule is [2H]c1cc(O)c(N)c(C(=O)C([2H])([2H])C(N)C(=O)O)c1. The molecule has 0 saturated heterocycles. The third-order valence-electron chi connectivity index (χ3n) is 1.81. The van der Waals surface area contributed by atoms with Crippen LogP contribution in [-0.2, 0) is 4.79 Å². The average molecular weight is 227 g/mol. The molecule has 0 amide bonds. The van der Waals surface area contributed by atoms with Gasteiger partial charge < -0.3 is 21.7 Å². The van der Waals surface area contributed by atoms with Crippen LogP contribution in [0.5, 0.6) is 5.75 Å². The van der Waals surface area contributed by atoms with E-state index in [9.17, 15) is 14.7 Å². The molecule has 16 heavy (non-hydrogen) atoms. The number of rotatable bonds is 4. The van der Waals surface area contributed by atoms with Gasteiger partial charge in [0.05, 0.1) is 7.06 Å². The molecule has 6 N–H and O–H groups in total. The fourth-order valence-corrected chi connectivity index (χ4v) is 0.966. The van der Waals surface area contributed by atoms with Gasteiger partial charge in [-0.05, 0) is 12.1 Å². The number of nitrogens with two attached hydrogens (primary N) is 2. The predicted molar refractivity (Wildman–Crippen MR) is 57.1 cm³/mol. The number of ketones is 1. The van der Waals surface area contributed by atoms with Gasteiger partial charge in [-0.3, -0.25) is 9.59 Å². The summed E-state index contributed by atoms with van der Waals surface area (Å²) in [6.07, 6.45) is -2.92. The first-order valence-corrected chi connectivity index (χ1v) is 4.21. The highest BCUT2D eigenvalue weighted by atomic mass is 16.4. The average Bonchev–Trinajstić information content (AvgIpc) is 2.31. The molecule has 6 nitrogen and oxygen atoms in total. The van der Waals surface area contributed by atoms with E-state index in [0.29, 0.717) is 0 Å². The second-order valence-electron chi connectivity index (χ2n) is 2.96. The lowest BCUT2D eigenvalue weighted by molar-refractivity contribution is -0.138. The first-order valence-electron chi connectivity index (χ1n) is 5.71. The molecule has 1 unspecified atom stereocenters. The van der Waals surface area contributed by atoms with Gasteiger partial charge in [-0.1, -0.05) is 6.04 Å². The molecule has 1 aromatic rings. The lowest BCUT2D eigenvalue weighted by Gasteiger charge is -2.08. The third-order valence-corrected chi connectivity index (χ3v) is 1.81. The van der Waals surface area contributed by atoms with E-state index < -0.39 is 41.2 Å². The Kier molecular flexibility index (Phi) is 2.35. The van der Waals surface area contributed by atoms with Crippen LogP contribution in [0.4, 0.5) is 5.69 Å². The number of phenolic OH excluding ortho intramolecular Hbond substituents is 1. The van der Waals surface area contributed by atoms with Gasteiger partial charge in [0.15, 0.2) is 5.78 Å². The summed E-state index contributed by atoms with van der Waals surface area (Å²) in [7, 11) is 0. The number of benzene rings is 1. The lowest BCUT2D eigenvalue weighted by Crippen LogP contribution is -2.32. The van der Waals surface area contributed by atoms with Gasteiger partial charge in [-0.2, -0.15) is 0 Å². The van der Waals surface area contributed by atoms with Crippen molar-refractivity contribution in [3.63, 3.8) is 0 Å². The predicted octanol–water partition coefficient (Wildman–Crippen LogP) is -0.0409. The van der Waals surface area contributed by atoms with Crippen LogP contribution in [0, 0.1) is 0 Å². The summed E-state index contributed by atoms with van der Waals surface area (Å²) in [4.78, 5) is 22.6. The van der Waals surface area contributed by atoms with Crippen molar-refractivity contribution in [3.8, 4) is 5.75 Å². The Morgan fingerprint density at radius 3 is 2.75 bits per heavy atom. The number of carboxylic acid groups (broad SMARTS) is 1. The second kappa shape index (κ2) is 4.63. The maximum Gasteiger partial charge on any atom is 0.320 e. The second-order valence-corrected chi connectivity index (χ2v) is 2.96. The van der Waals surface area contributed by atoms with Crippen molar-refractivity contribution in [1.29, 1.82) is 0 Å². The minimum absolute atomic E-state index is 0.269. The quantitative estimate of drug-likeness (QED) is 0.324. The van der Waals surface area contributed by atoms with E-state index in [-0.39, 0.29) is 6.04 Å². The first-order chi connectivity index (χ1) is 8.59. The zero-order chi connectivity index (χ0) is 15.0. The lowest BCUT2D eigenvalue weighted by atomic mass is 10.0. The van der Waals surface area contributed by atoms with Gasteiger partial charge in [0.25, 0.3) is 0 Å². The van der Waals surface area contributed by atoms with E-state index in [2.05, 4.69) is 0 Å². The number of carbonyl (C=O) groups excluding carboxylic acids is 1. The molecule has 86 valence electrons. The zero-order valence-corrected chi connectivity index (χ0v) is 8.10. The van der Waals surface area contributed by atoms with Crippen LogP contribution < -0.4 is 11.5 Å². The van der Waals surface area contributed by atoms with Crippen LogP contribution in [0.1, 0.15) is 20.8 Å². The van der Waals surface area contributed by atoms with Crippen molar-refractivity contribution < 1.29 is 23.9 Å². The molecule has 0 aliphatic rings. The fourth-order valence-electron chi connectivity index (χ4n) is 0.966. The number of Topliss-reactive ketones (excluding diaryl/α,β-unsaturated/α-hetero) is 1. The molecule has 1 aromatic carbocycles. The molecule has 0 aliphatic carbocycles. The Labute approximate surface area is 95.7 Å². The van der Waals surface area contributed by atoms with Crippen molar-refractivity contribution >= 4 is 17.4 Å². The standard InChI is InChI=1S/C10H12N2O4/c11-6(10(15)16)4-8(14)5-2-1-3-7(13)9(5)12/h1-3,6,13H,4,11-12H2,(H,15,16)/i1D,4D2. The van der Waals surface area contributed by atoms with Crippen LogP contribution in [-0.4, -0.2) is 28.0 Å². The summed E-state index contributed by atoms with van der Waals surface area (Å²) in [5, 5.41) is 18.0. The molecule has 0 radical (unpaired) electrons. The van der Waals surface area contributed by atoms with Crippen LogP contribution in [0.15, 0.2) is 18.2 Å². The van der Waals surface area contributed by atoms with Crippen molar-refractivity contribution in [3.05, 3.63) is 23.7 Å². The molecule has 6 heteroatoms. The number of hydrogen-bond donors (Lipinski definition) is 4. The van der Waals surface area contributed by atoms with Gasteiger partial charge in [-0.15, -0.1) is 0 Å². The fraction of sp³-hybridized carbons (Fsp3) is 0.200. The Hall–Kier alpha value is -2.08. The Morgan fingerprint density at radius 2 is 2.19 bits per heavy atom. The molecular weight excluding hydrogens is 212 g/mol. The molecule has 1 atom stereocenters. The number of carbonyl (C=O) groups is 2. The number of carboxylic acids is 1. The summed E-state index contributed by atoms with van der Waals surface area (Å²) in [6, 6.07) is -0.450. The Balaban J connectivity index is 3.31. The number of nitrogen functional groups attached to an aromatic ring is 1. The molecule has 0 heterocycles. The molecular formula is C10H12N2O4. The molecule has 0 saturated carbocycles. The highest BCUT2D eigenvalue weighted by molar-refractivity contribution is 6.03. The van der Waals surface area contributed by atoms with Crippen LogP contribution in [0.3, 0.4) is 0 Å². The molecule has 1 rings (SSSR count). The van der Waals surface area contributed by atoms with E-state index >= 15 is 0 Å². The van der Waals surface area contributed by atoms with Crippen molar-refractivity contribution in [2.24, 2.45) is 5.73 Å². The highest BCUT2D eigenvalue weighted by Gasteiger charge is 2.19. The van der Waals surface area contributed by atoms with Crippen molar-refractivity contribution in [2.75, 3.05) is 5.73 Å². The summed E-state index contributed by atoms with van der Waals surface area (Å²) in [5.41, 5.74) is 9.62. The first kappa shape index (κ1) is 8.12. The van der Waals surface area contributed by atoms with Crippen LogP contribution in [0.2, 0.25) is 0 Å². The molecule has 0 bridgehead atoms. The van der Waals surface area contributed by atoms with Crippen LogP contribution >= 0.6 is 0 Å². The largest absolute Gasteiger partial charge is 0.506 e. The number of phenols is 1. The zero-order valence-electron chi connectivity index (χ0n) is 11.1. The van der Waals surface area contributed by atoms with E-state index in [1.165, 1.54) is 0 Å². The summed E-state index contributed by atoms with van der Waals surface area (Å²) in [6.45, 7) is 0. The molecule has 0 fully saturated rings. The highest BCUT2D eigenvalue weighted by Crippen LogP contribution is 2.24. The Bertz CT molecular complexity index is 548.